The van der Waals surface area contributed by atoms with Crippen LogP contribution in [0.5, 0.6) is 5.75 Å². The van der Waals surface area contributed by atoms with Crippen molar-refractivity contribution in [3.8, 4) is 5.75 Å². The van der Waals surface area contributed by atoms with Crippen molar-refractivity contribution in [1.82, 2.24) is 9.88 Å². The van der Waals surface area contributed by atoms with Crippen molar-refractivity contribution in [2.24, 2.45) is 0 Å². The van der Waals surface area contributed by atoms with Crippen molar-refractivity contribution < 1.29 is 22.7 Å². The largest absolute Gasteiger partial charge is 0.503 e. The molecule has 9 heteroatoms. The molecule has 1 aromatic carbocycles. The number of sulfonamides is 1. The van der Waals surface area contributed by atoms with E-state index in [9.17, 15) is 13.2 Å². The molecular formula is C19H23N3O5S. The van der Waals surface area contributed by atoms with Crippen molar-refractivity contribution >= 4 is 21.6 Å². The fraction of sp³-hybridized carbons (Fsp3) is 0.263. The van der Waals surface area contributed by atoms with Gasteiger partial charge in [-0.3, -0.25) is 14.5 Å². The van der Waals surface area contributed by atoms with Gasteiger partial charge in [0, 0.05) is 18.3 Å². The summed E-state index contributed by atoms with van der Waals surface area (Å²) in [5.41, 5.74) is 0.266. The smallest absolute Gasteiger partial charge is 0.262 e. The van der Waals surface area contributed by atoms with Crippen LogP contribution >= 0.6 is 0 Å². The molecule has 1 amide bonds. The summed E-state index contributed by atoms with van der Waals surface area (Å²) in [7, 11) is -1.12. The normalized spacial score (nSPS) is 11.5. The minimum absolute atomic E-state index is 0.0420. The molecule has 2 rings (SSSR count). The SMILES string of the molecule is CO/C=C/N(C(=O)c1ccccc1S(=O)(=O)Nc1cncc(OC)c1)C(C)C. The number of carbonyl (C=O) groups excluding carboxylic acids is 1. The van der Waals surface area contributed by atoms with Crippen molar-refractivity contribution in [3.05, 3.63) is 60.8 Å². The van der Waals surface area contributed by atoms with Crippen LogP contribution in [0, 0.1) is 0 Å². The maximum atomic E-state index is 13.0. The number of pyridine rings is 1. The maximum Gasteiger partial charge on any atom is 0.262 e. The van der Waals surface area contributed by atoms with Gasteiger partial charge >= 0.3 is 0 Å². The number of hydrogen-bond acceptors (Lipinski definition) is 6. The summed E-state index contributed by atoms with van der Waals surface area (Å²) in [5, 5.41) is 0. The predicted octanol–water partition coefficient (Wildman–Crippen LogP) is 2.86. The van der Waals surface area contributed by atoms with E-state index < -0.39 is 15.9 Å². The number of nitrogens with zero attached hydrogens (tertiary/aromatic N) is 2. The molecule has 0 radical (unpaired) electrons. The van der Waals surface area contributed by atoms with Crippen molar-refractivity contribution in [3.63, 3.8) is 0 Å². The van der Waals surface area contributed by atoms with E-state index in [4.69, 9.17) is 9.47 Å². The van der Waals surface area contributed by atoms with E-state index in [1.165, 1.54) is 62.2 Å². The zero-order chi connectivity index (χ0) is 20.7. The quantitative estimate of drug-likeness (QED) is 0.678. The number of hydrogen-bond donors (Lipinski definition) is 1. The fourth-order valence-electron chi connectivity index (χ4n) is 2.41. The Balaban J connectivity index is 2.43. The van der Waals surface area contributed by atoms with Gasteiger partial charge in [0.25, 0.3) is 15.9 Å². The van der Waals surface area contributed by atoms with E-state index in [0.29, 0.717) is 5.75 Å². The van der Waals surface area contributed by atoms with Crippen LogP contribution in [-0.2, 0) is 14.8 Å². The molecule has 0 unspecified atom stereocenters. The van der Waals surface area contributed by atoms with E-state index in [2.05, 4.69) is 9.71 Å². The van der Waals surface area contributed by atoms with Gasteiger partial charge in [-0.05, 0) is 26.0 Å². The molecule has 8 nitrogen and oxygen atoms in total. The number of methoxy groups -OCH3 is 2. The zero-order valence-corrected chi connectivity index (χ0v) is 16.9. The number of amides is 1. The van der Waals surface area contributed by atoms with E-state index in [0.717, 1.165) is 0 Å². The second-order valence-corrected chi connectivity index (χ2v) is 7.69. The van der Waals surface area contributed by atoms with Crippen LogP contribution in [0.25, 0.3) is 0 Å². The van der Waals surface area contributed by atoms with Crippen molar-refractivity contribution in [2.75, 3.05) is 18.9 Å². The molecule has 150 valence electrons. The first-order valence-corrected chi connectivity index (χ1v) is 9.91. The summed E-state index contributed by atoms with van der Waals surface area (Å²) in [4.78, 5) is 18.2. The molecule has 0 fully saturated rings. The van der Waals surface area contributed by atoms with Gasteiger partial charge < -0.3 is 14.4 Å². The Morgan fingerprint density at radius 2 is 1.93 bits per heavy atom. The monoisotopic (exact) mass is 405 g/mol. The first kappa shape index (κ1) is 21.2. The standard InChI is InChI=1S/C19H23N3O5S/c1-14(2)22(9-10-26-3)19(23)17-7-5-6-8-18(17)28(24,25)21-15-11-16(27-4)13-20-12-15/h5-14,21H,1-4H3/b10-9+. The van der Waals surface area contributed by atoms with Gasteiger partial charge in [0.05, 0.1) is 44.1 Å². The van der Waals surface area contributed by atoms with Crippen molar-refractivity contribution in [1.29, 1.82) is 0 Å². The van der Waals surface area contributed by atoms with E-state index in [1.54, 1.807) is 12.1 Å². The molecule has 0 bridgehead atoms. The van der Waals surface area contributed by atoms with Crippen LogP contribution in [0.2, 0.25) is 0 Å². The molecule has 28 heavy (non-hydrogen) atoms. The van der Waals surface area contributed by atoms with Gasteiger partial charge in [0.1, 0.15) is 10.6 Å². The number of rotatable bonds is 8. The summed E-state index contributed by atoms with van der Waals surface area (Å²) in [6, 6.07) is 7.30. The third kappa shape index (κ3) is 5.01. The summed E-state index contributed by atoms with van der Waals surface area (Å²) in [5.74, 6) is -0.0618. The van der Waals surface area contributed by atoms with E-state index in [-0.39, 0.29) is 22.2 Å². The number of aromatic nitrogens is 1. The molecule has 1 aromatic heterocycles. The zero-order valence-electron chi connectivity index (χ0n) is 16.1. The molecule has 1 N–H and O–H groups in total. The van der Waals surface area contributed by atoms with Crippen LogP contribution in [0.1, 0.15) is 24.2 Å². The van der Waals surface area contributed by atoms with Gasteiger partial charge in [-0.25, -0.2) is 8.42 Å². The van der Waals surface area contributed by atoms with Crippen LogP contribution in [0.3, 0.4) is 0 Å². The highest BCUT2D eigenvalue weighted by atomic mass is 32.2. The average molecular weight is 405 g/mol. The highest BCUT2D eigenvalue weighted by molar-refractivity contribution is 7.92. The summed E-state index contributed by atoms with van der Waals surface area (Å²) >= 11 is 0. The average Bonchev–Trinajstić information content (AvgIpc) is 2.67. The third-order valence-corrected chi connectivity index (χ3v) is 5.20. The molecule has 0 saturated heterocycles. The van der Waals surface area contributed by atoms with Crippen LogP contribution in [0.15, 0.2) is 60.1 Å². The van der Waals surface area contributed by atoms with Crippen molar-refractivity contribution in [2.45, 2.75) is 24.8 Å². The lowest BCUT2D eigenvalue weighted by Crippen LogP contribution is -2.33. The van der Waals surface area contributed by atoms with Crippen LogP contribution < -0.4 is 9.46 Å². The Bertz CT molecular complexity index is 958. The molecule has 2 aromatic rings. The Labute approximate surface area is 164 Å². The Hall–Kier alpha value is -3.07. The topological polar surface area (TPSA) is 97.8 Å². The Kier molecular flexibility index (Phi) is 7.00. The van der Waals surface area contributed by atoms with Gasteiger partial charge in [-0.2, -0.15) is 0 Å². The van der Waals surface area contributed by atoms with Crippen LogP contribution in [0.4, 0.5) is 5.69 Å². The fourth-order valence-corrected chi connectivity index (χ4v) is 3.65. The number of carbonyl (C=O) groups is 1. The molecule has 0 atom stereocenters. The minimum Gasteiger partial charge on any atom is -0.503 e. The van der Waals surface area contributed by atoms with E-state index in [1.807, 2.05) is 13.8 Å². The second-order valence-electron chi connectivity index (χ2n) is 6.04. The van der Waals surface area contributed by atoms with Crippen LogP contribution in [-0.4, -0.2) is 44.5 Å². The lowest BCUT2D eigenvalue weighted by molar-refractivity contribution is 0.0779. The van der Waals surface area contributed by atoms with Gasteiger partial charge in [-0.1, -0.05) is 12.1 Å². The second kappa shape index (κ2) is 9.23. The first-order valence-electron chi connectivity index (χ1n) is 8.43. The van der Waals surface area contributed by atoms with Gasteiger partial charge in [0.15, 0.2) is 0 Å². The molecule has 0 aliphatic heterocycles. The van der Waals surface area contributed by atoms with Gasteiger partial charge in [0.2, 0.25) is 0 Å². The summed E-state index contributed by atoms with van der Waals surface area (Å²) in [6.45, 7) is 3.63. The number of anilines is 1. The summed E-state index contributed by atoms with van der Waals surface area (Å²) < 4.78 is 38.2. The molecule has 0 aliphatic rings. The summed E-state index contributed by atoms with van der Waals surface area (Å²) in [6.07, 6.45) is 5.63. The number of nitrogens with one attached hydrogen (secondary N) is 1. The highest BCUT2D eigenvalue weighted by Crippen LogP contribution is 2.23. The third-order valence-electron chi connectivity index (χ3n) is 3.76. The van der Waals surface area contributed by atoms with Gasteiger partial charge in [-0.15, -0.1) is 0 Å². The Morgan fingerprint density at radius 1 is 1.21 bits per heavy atom. The molecule has 0 saturated carbocycles. The van der Waals surface area contributed by atoms with E-state index >= 15 is 0 Å². The lowest BCUT2D eigenvalue weighted by atomic mass is 10.2. The lowest BCUT2D eigenvalue weighted by Gasteiger charge is -2.23. The molecule has 0 spiro atoms. The minimum atomic E-state index is -4.04. The molecular weight excluding hydrogens is 382 g/mol. The molecule has 1 heterocycles. The number of benzene rings is 1. The number of ether oxygens (including phenoxy) is 2. The maximum absolute atomic E-state index is 13.0. The highest BCUT2D eigenvalue weighted by Gasteiger charge is 2.26. The predicted molar refractivity (Wildman–Crippen MR) is 105 cm³/mol. The Morgan fingerprint density at radius 3 is 2.57 bits per heavy atom. The first-order chi connectivity index (χ1) is 13.3. The molecule has 0 aliphatic carbocycles.